The topological polar surface area (TPSA) is 105 Å². The van der Waals surface area contributed by atoms with Crippen molar-refractivity contribution in [2.45, 2.75) is 238 Å². The van der Waals surface area contributed by atoms with Gasteiger partial charge in [-0.25, -0.2) is 4.57 Å². The summed E-state index contributed by atoms with van der Waals surface area (Å²) in [7, 11) is 1.50. The molecule has 0 radical (unpaired) electrons. The van der Waals surface area contributed by atoms with Crippen molar-refractivity contribution in [2.75, 3.05) is 40.9 Å². The number of carbonyl (C=O) groups excluding carboxylic acids is 1. The number of quaternary nitrogens is 1. The Bertz CT molecular complexity index is 1680. The van der Waals surface area contributed by atoms with E-state index in [0.717, 1.165) is 89.9 Å². The Balaban J connectivity index is 4.40. The van der Waals surface area contributed by atoms with Gasteiger partial charge in [0.1, 0.15) is 13.2 Å². The van der Waals surface area contributed by atoms with Crippen LogP contribution < -0.4 is 5.32 Å². The van der Waals surface area contributed by atoms with Crippen molar-refractivity contribution in [1.29, 1.82) is 0 Å². The Morgan fingerprint density at radius 2 is 0.813 bits per heavy atom. The molecule has 0 heterocycles. The molecule has 1 amide bonds. The predicted molar refractivity (Wildman–Crippen MR) is 327 cm³/mol. The minimum atomic E-state index is -4.38. The van der Waals surface area contributed by atoms with Gasteiger partial charge in [0.25, 0.3) is 0 Å². The van der Waals surface area contributed by atoms with Gasteiger partial charge in [-0.1, -0.05) is 244 Å². The van der Waals surface area contributed by atoms with Crippen LogP contribution in [0.4, 0.5) is 0 Å². The summed E-state index contributed by atoms with van der Waals surface area (Å²) in [5.74, 6) is -0.238. The van der Waals surface area contributed by atoms with E-state index in [2.05, 4.69) is 141 Å². The van der Waals surface area contributed by atoms with Gasteiger partial charge in [0.2, 0.25) is 5.91 Å². The maximum atomic E-state index is 13.0. The van der Waals surface area contributed by atoms with E-state index in [-0.39, 0.29) is 25.5 Å². The summed E-state index contributed by atoms with van der Waals surface area (Å²) in [5.41, 5.74) is 0. The number of aliphatic hydroxyl groups excluding tert-OH is 1. The largest absolute Gasteiger partial charge is 0.472 e. The first-order valence-electron chi connectivity index (χ1n) is 30.1. The molecular weight excluding hydrogens is 948 g/mol. The second kappa shape index (κ2) is 55.4. The number of rotatable bonds is 53. The zero-order chi connectivity index (χ0) is 54.9. The molecule has 0 rings (SSSR count). The summed E-state index contributed by atoms with van der Waals surface area (Å²) in [5, 5.41) is 13.9. The standard InChI is InChI=1S/C66H113N2O6P/c1-6-8-10-12-14-16-18-20-22-24-26-28-30-32-34-36-38-40-42-44-46-48-50-52-54-56-58-60-66(70)67-64(63-74-75(71,72)73-62-61-68(3,4)5)65(69)59-57-55-53-51-49-47-45-43-41-39-37-35-33-31-29-27-25-23-21-19-17-15-13-11-9-7-2/h8,10,14,16,20,22,26,28,32,34,38,40-41,43-44,46,49-52,57,59,64-65,69H,6-7,9,11-13,15,17-19,21,23-25,27,29-31,33,35-37,39,42,45,47-48,53-56,58,60-63H2,1-5H3,(H-,67,70,71,72)/p+1/b10-8-,16-14-,22-20-,28-26-,34-32-,40-38-,43-41+,46-44-,51-49+,52-50-,59-57+. The number of amides is 1. The quantitative estimate of drug-likeness (QED) is 0.0243. The molecule has 3 unspecified atom stereocenters. The SMILES string of the molecule is CC/C=C\C/C=C\C/C=C\C/C=C\C/C=C\C/C=C\C/C=C\C/C=C\CCCCC(=O)NC(COP(=O)(O)OCC[N+](C)(C)C)C(O)/C=C/CC/C=C/CC/C=C/CCCCCCCCCCCCCCCCCC. The Labute approximate surface area is 462 Å². The van der Waals surface area contributed by atoms with E-state index in [4.69, 9.17) is 9.05 Å². The molecule has 0 aromatic heterocycles. The van der Waals surface area contributed by atoms with Crippen molar-refractivity contribution in [2.24, 2.45) is 0 Å². The van der Waals surface area contributed by atoms with Crippen molar-refractivity contribution < 1.29 is 32.9 Å². The highest BCUT2D eigenvalue weighted by molar-refractivity contribution is 7.47. The highest BCUT2D eigenvalue weighted by Crippen LogP contribution is 2.43. The Hall–Kier alpha value is -3.36. The summed E-state index contributed by atoms with van der Waals surface area (Å²) >= 11 is 0. The number of hydrogen-bond acceptors (Lipinski definition) is 5. The van der Waals surface area contributed by atoms with Gasteiger partial charge in [0, 0.05) is 6.42 Å². The fourth-order valence-corrected chi connectivity index (χ4v) is 8.65. The summed E-state index contributed by atoms with van der Waals surface area (Å²) < 4.78 is 23.7. The van der Waals surface area contributed by atoms with Crippen LogP contribution in [0.25, 0.3) is 0 Å². The lowest BCUT2D eigenvalue weighted by Crippen LogP contribution is -2.45. The molecule has 9 heteroatoms. The third-order valence-electron chi connectivity index (χ3n) is 12.6. The lowest BCUT2D eigenvalue weighted by molar-refractivity contribution is -0.870. The van der Waals surface area contributed by atoms with Gasteiger partial charge in [0.05, 0.1) is 39.9 Å². The number of nitrogens with zero attached hydrogens (tertiary/aromatic N) is 1. The maximum absolute atomic E-state index is 13.0. The molecule has 0 aromatic carbocycles. The summed E-state index contributed by atoms with van der Waals surface area (Å²) in [6.07, 6.45) is 84.3. The molecule has 0 aliphatic heterocycles. The number of phosphoric acid groups is 1. The molecule has 0 aliphatic rings. The number of nitrogens with one attached hydrogen (secondary N) is 1. The molecule has 3 atom stereocenters. The van der Waals surface area contributed by atoms with Crippen LogP contribution in [0.1, 0.15) is 226 Å². The molecule has 0 fully saturated rings. The molecule has 0 saturated heterocycles. The Morgan fingerprint density at radius 3 is 1.23 bits per heavy atom. The highest BCUT2D eigenvalue weighted by atomic mass is 31.2. The van der Waals surface area contributed by atoms with E-state index in [1.165, 1.54) is 109 Å². The molecule has 428 valence electrons. The van der Waals surface area contributed by atoms with Crippen LogP contribution in [0.5, 0.6) is 0 Å². The van der Waals surface area contributed by atoms with Crippen LogP contribution in [0, 0.1) is 0 Å². The van der Waals surface area contributed by atoms with E-state index in [0.29, 0.717) is 17.4 Å². The van der Waals surface area contributed by atoms with Gasteiger partial charge in [-0.05, 0) is 109 Å². The second-order valence-electron chi connectivity index (χ2n) is 21.0. The smallest absolute Gasteiger partial charge is 0.387 e. The minimum Gasteiger partial charge on any atom is -0.387 e. The van der Waals surface area contributed by atoms with Crippen molar-refractivity contribution >= 4 is 13.7 Å². The second-order valence-corrected chi connectivity index (χ2v) is 22.4. The first kappa shape index (κ1) is 71.6. The Kier molecular flexibility index (Phi) is 52.9. The zero-order valence-corrected chi connectivity index (χ0v) is 49.6. The minimum absolute atomic E-state index is 0.0369. The van der Waals surface area contributed by atoms with Crippen LogP contribution in [-0.2, 0) is 18.4 Å². The molecule has 0 aliphatic carbocycles. The average molecular weight is 1060 g/mol. The lowest BCUT2D eigenvalue weighted by atomic mass is 10.0. The van der Waals surface area contributed by atoms with Crippen LogP contribution in [0.3, 0.4) is 0 Å². The first-order valence-corrected chi connectivity index (χ1v) is 31.6. The maximum Gasteiger partial charge on any atom is 0.472 e. The van der Waals surface area contributed by atoms with Gasteiger partial charge in [-0.3, -0.25) is 13.8 Å². The third-order valence-corrected chi connectivity index (χ3v) is 13.6. The van der Waals surface area contributed by atoms with Crippen molar-refractivity contribution in [1.82, 2.24) is 5.32 Å². The molecule has 0 aromatic rings. The van der Waals surface area contributed by atoms with Crippen molar-refractivity contribution in [3.8, 4) is 0 Å². The number of carbonyl (C=O) groups is 1. The van der Waals surface area contributed by atoms with Crippen LogP contribution in [0.2, 0.25) is 0 Å². The van der Waals surface area contributed by atoms with E-state index >= 15 is 0 Å². The van der Waals surface area contributed by atoms with Crippen LogP contribution >= 0.6 is 7.82 Å². The van der Waals surface area contributed by atoms with E-state index in [1.54, 1.807) is 6.08 Å². The van der Waals surface area contributed by atoms with Gasteiger partial charge in [0.15, 0.2) is 0 Å². The average Bonchev–Trinajstić information content (AvgIpc) is 3.37. The number of allylic oxidation sites excluding steroid dienone is 21. The van der Waals surface area contributed by atoms with Crippen LogP contribution in [0.15, 0.2) is 134 Å². The highest BCUT2D eigenvalue weighted by Gasteiger charge is 2.27. The number of likely N-dealkylation sites (N-methyl/N-ethyl adjacent to an activating group) is 1. The molecular formula is C66H114N2O6P+. The zero-order valence-electron chi connectivity index (χ0n) is 48.7. The summed E-state index contributed by atoms with van der Waals surface area (Å²) in [6, 6.07) is -0.905. The molecule has 0 saturated carbocycles. The molecule has 0 bridgehead atoms. The normalized spacial score (nSPS) is 14.8. The van der Waals surface area contributed by atoms with Crippen molar-refractivity contribution in [3.05, 3.63) is 134 Å². The van der Waals surface area contributed by atoms with Gasteiger partial charge in [-0.2, -0.15) is 0 Å². The molecule has 75 heavy (non-hydrogen) atoms. The number of phosphoric ester groups is 1. The lowest BCUT2D eigenvalue weighted by Gasteiger charge is -2.25. The number of hydrogen-bond donors (Lipinski definition) is 3. The van der Waals surface area contributed by atoms with Gasteiger partial charge >= 0.3 is 7.82 Å². The van der Waals surface area contributed by atoms with Gasteiger partial charge in [-0.15, -0.1) is 0 Å². The van der Waals surface area contributed by atoms with Crippen molar-refractivity contribution in [3.63, 3.8) is 0 Å². The van der Waals surface area contributed by atoms with E-state index in [9.17, 15) is 19.4 Å². The van der Waals surface area contributed by atoms with E-state index in [1.807, 2.05) is 27.2 Å². The Morgan fingerprint density at radius 1 is 0.467 bits per heavy atom. The summed E-state index contributed by atoms with van der Waals surface area (Å²) in [4.78, 5) is 23.3. The van der Waals surface area contributed by atoms with E-state index < -0.39 is 20.0 Å². The molecule has 3 N–H and O–H groups in total. The molecule has 0 spiro atoms. The third kappa shape index (κ3) is 58.2. The summed E-state index contributed by atoms with van der Waals surface area (Å²) in [6.45, 7) is 4.63. The number of unbranched alkanes of at least 4 members (excludes halogenated alkanes) is 20. The van der Waals surface area contributed by atoms with Crippen LogP contribution in [-0.4, -0.2) is 73.4 Å². The molecule has 8 nitrogen and oxygen atoms in total. The first-order chi connectivity index (χ1) is 36.5. The fourth-order valence-electron chi connectivity index (χ4n) is 7.91. The monoisotopic (exact) mass is 1060 g/mol. The fraction of sp³-hybridized carbons (Fsp3) is 0.652. The number of aliphatic hydroxyl groups is 1. The van der Waals surface area contributed by atoms with Gasteiger partial charge < -0.3 is 19.8 Å². The predicted octanol–water partition coefficient (Wildman–Crippen LogP) is 18.7.